The van der Waals surface area contributed by atoms with E-state index in [9.17, 15) is 8.42 Å². The van der Waals surface area contributed by atoms with Gasteiger partial charge in [0.1, 0.15) is 4.90 Å². The van der Waals surface area contributed by atoms with E-state index in [4.69, 9.17) is 0 Å². The summed E-state index contributed by atoms with van der Waals surface area (Å²) >= 11 is 0. The third kappa shape index (κ3) is 4.09. The summed E-state index contributed by atoms with van der Waals surface area (Å²) in [7, 11) is -3.54. The fraction of sp³-hybridized carbons (Fsp3) is 0.318. The number of hydrogen-bond donors (Lipinski definition) is 1. The lowest BCUT2D eigenvalue weighted by Gasteiger charge is -2.20. The van der Waals surface area contributed by atoms with Gasteiger partial charge in [0.05, 0.1) is 31.7 Å². The van der Waals surface area contributed by atoms with Gasteiger partial charge in [0.15, 0.2) is 0 Å². The second kappa shape index (κ2) is 8.39. The number of benzene rings is 2. The number of nitrogens with one attached hydrogen (secondary N) is 1. The number of quaternary nitrogens is 1. The summed E-state index contributed by atoms with van der Waals surface area (Å²) in [4.78, 5) is 6.12. The molecule has 146 valence electrons. The van der Waals surface area contributed by atoms with Crippen LogP contribution in [-0.4, -0.2) is 50.4 Å². The maximum Gasteiger partial charge on any atom is 0.245 e. The lowest BCUT2D eigenvalue weighted by Crippen LogP contribution is -3.12. The van der Waals surface area contributed by atoms with E-state index < -0.39 is 10.0 Å². The molecule has 1 fully saturated rings. The molecule has 1 unspecified atom stereocenters. The summed E-state index contributed by atoms with van der Waals surface area (Å²) in [5.41, 5.74) is 1.90. The highest BCUT2D eigenvalue weighted by molar-refractivity contribution is 7.89. The normalized spacial score (nSPS) is 18.8. The molecule has 5 nitrogen and oxygen atoms in total. The predicted molar refractivity (Wildman–Crippen MR) is 111 cm³/mol. The lowest BCUT2D eigenvalue weighted by atomic mass is 10.1. The van der Waals surface area contributed by atoms with Crippen molar-refractivity contribution in [2.24, 2.45) is 0 Å². The Labute approximate surface area is 166 Å². The van der Waals surface area contributed by atoms with Gasteiger partial charge in [-0.15, -0.1) is 0 Å². The van der Waals surface area contributed by atoms with Crippen LogP contribution in [-0.2, 0) is 16.4 Å². The molecule has 1 aromatic heterocycles. The largest absolute Gasteiger partial charge is 0.334 e. The van der Waals surface area contributed by atoms with Crippen LogP contribution in [0.15, 0.2) is 71.8 Å². The molecule has 1 saturated heterocycles. The molecule has 28 heavy (non-hydrogen) atoms. The first kappa shape index (κ1) is 19.1. The van der Waals surface area contributed by atoms with Crippen molar-refractivity contribution < 1.29 is 13.3 Å². The van der Waals surface area contributed by atoms with Crippen LogP contribution in [0.3, 0.4) is 0 Å². The van der Waals surface area contributed by atoms with Crippen LogP contribution in [0.1, 0.15) is 12.0 Å². The van der Waals surface area contributed by atoms with Gasteiger partial charge in [-0.3, -0.25) is 4.98 Å². The number of para-hydroxylation sites is 1. The Bertz CT molecular complexity index is 1030. The minimum atomic E-state index is -3.54. The molecule has 3 aromatic rings. The molecule has 1 aliphatic rings. The summed E-state index contributed by atoms with van der Waals surface area (Å²) in [6.45, 7) is 4.00. The van der Waals surface area contributed by atoms with Gasteiger partial charge in [-0.25, -0.2) is 8.42 Å². The molecule has 0 saturated carbocycles. The zero-order chi connectivity index (χ0) is 19.4. The van der Waals surface area contributed by atoms with E-state index in [1.165, 1.54) is 10.5 Å². The molecule has 0 radical (unpaired) electrons. The zero-order valence-electron chi connectivity index (χ0n) is 15.9. The summed E-state index contributed by atoms with van der Waals surface area (Å²) in [5.74, 6) is 0. The van der Waals surface area contributed by atoms with E-state index in [0.717, 1.165) is 37.9 Å². The van der Waals surface area contributed by atoms with Gasteiger partial charge in [0.2, 0.25) is 10.0 Å². The summed E-state index contributed by atoms with van der Waals surface area (Å²) < 4.78 is 28.3. The first-order valence-corrected chi connectivity index (χ1v) is 11.3. The fourth-order valence-electron chi connectivity index (χ4n) is 3.90. The number of sulfonamides is 1. The average molecular weight is 397 g/mol. The highest BCUT2D eigenvalue weighted by Crippen LogP contribution is 2.24. The highest BCUT2D eigenvalue weighted by Gasteiger charge is 2.29. The van der Waals surface area contributed by atoms with Crippen molar-refractivity contribution in [3.8, 4) is 0 Å². The van der Waals surface area contributed by atoms with Crippen molar-refractivity contribution in [2.75, 3.05) is 32.7 Å². The lowest BCUT2D eigenvalue weighted by molar-refractivity contribution is -0.897. The van der Waals surface area contributed by atoms with Crippen molar-refractivity contribution in [1.82, 2.24) is 9.29 Å². The van der Waals surface area contributed by atoms with E-state index >= 15 is 0 Å². The number of hydrogen-bond acceptors (Lipinski definition) is 3. The van der Waals surface area contributed by atoms with Gasteiger partial charge in [0, 0.05) is 31.0 Å². The molecule has 0 bridgehead atoms. The second-order valence-corrected chi connectivity index (χ2v) is 9.23. The third-order valence-electron chi connectivity index (χ3n) is 5.48. The maximum absolute atomic E-state index is 13.3. The smallest absolute Gasteiger partial charge is 0.245 e. The van der Waals surface area contributed by atoms with Gasteiger partial charge in [0.25, 0.3) is 0 Å². The first-order chi connectivity index (χ1) is 13.6. The number of aromatic nitrogens is 1. The van der Waals surface area contributed by atoms with Crippen LogP contribution in [0, 0.1) is 0 Å². The Morgan fingerprint density at radius 2 is 1.75 bits per heavy atom. The fourth-order valence-corrected chi connectivity index (χ4v) is 5.55. The van der Waals surface area contributed by atoms with Gasteiger partial charge < -0.3 is 4.90 Å². The van der Waals surface area contributed by atoms with Crippen LogP contribution >= 0.6 is 0 Å². The monoisotopic (exact) mass is 396 g/mol. The molecule has 6 heteroatoms. The Hall–Kier alpha value is -2.28. The topological polar surface area (TPSA) is 54.7 Å². The second-order valence-electron chi connectivity index (χ2n) is 7.32. The predicted octanol–water partition coefficient (Wildman–Crippen LogP) is 1.76. The van der Waals surface area contributed by atoms with E-state index in [2.05, 4.69) is 29.2 Å². The minimum absolute atomic E-state index is 0.318. The molecule has 1 aliphatic heterocycles. The van der Waals surface area contributed by atoms with E-state index in [1.807, 2.05) is 24.3 Å². The first-order valence-electron chi connectivity index (χ1n) is 9.86. The van der Waals surface area contributed by atoms with E-state index in [1.54, 1.807) is 22.6 Å². The van der Waals surface area contributed by atoms with Crippen molar-refractivity contribution in [1.29, 1.82) is 0 Å². The number of nitrogens with zero attached hydrogens (tertiary/aromatic N) is 2. The standard InChI is InChI=1S/C22H25N3O2S/c26-28(27,21-11-4-9-20-10-5-13-23-22(20)21)25-15-6-14-24(17-18-25)16-12-19-7-2-1-3-8-19/h1-5,7-11,13H,6,12,14-18H2/p+1. The molecule has 0 spiro atoms. The number of pyridine rings is 1. The van der Waals surface area contributed by atoms with Crippen LogP contribution in [0.2, 0.25) is 0 Å². The maximum atomic E-state index is 13.3. The number of fused-ring (bicyclic) bond motifs is 1. The van der Waals surface area contributed by atoms with Crippen LogP contribution in [0.5, 0.6) is 0 Å². The molecule has 1 atom stereocenters. The average Bonchev–Trinajstić information content (AvgIpc) is 2.99. The third-order valence-corrected chi connectivity index (χ3v) is 7.41. The van der Waals surface area contributed by atoms with Crippen molar-refractivity contribution in [3.05, 3.63) is 72.4 Å². The summed E-state index contributed by atoms with van der Waals surface area (Å²) in [6.07, 6.45) is 3.55. The minimum Gasteiger partial charge on any atom is -0.334 e. The molecule has 2 aromatic carbocycles. The Morgan fingerprint density at radius 3 is 2.61 bits per heavy atom. The molecule has 1 N–H and O–H groups in total. The van der Waals surface area contributed by atoms with Gasteiger partial charge in [-0.05, 0) is 17.7 Å². The summed E-state index contributed by atoms with van der Waals surface area (Å²) in [6, 6.07) is 19.6. The molecular weight excluding hydrogens is 370 g/mol. The van der Waals surface area contributed by atoms with Crippen molar-refractivity contribution in [2.45, 2.75) is 17.7 Å². The van der Waals surface area contributed by atoms with Gasteiger partial charge in [-0.1, -0.05) is 48.5 Å². The molecule has 2 heterocycles. The summed E-state index contributed by atoms with van der Waals surface area (Å²) in [5, 5.41) is 0.855. The van der Waals surface area contributed by atoms with Crippen molar-refractivity contribution >= 4 is 20.9 Å². The van der Waals surface area contributed by atoms with Crippen LogP contribution in [0.25, 0.3) is 10.9 Å². The van der Waals surface area contributed by atoms with Gasteiger partial charge >= 0.3 is 0 Å². The van der Waals surface area contributed by atoms with Crippen LogP contribution in [0.4, 0.5) is 0 Å². The molecular formula is C22H26N3O2S+. The molecule has 0 aliphatic carbocycles. The highest BCUT2D eigenvalue weighted by atomic mass is 32.2. The number of rotatable bonds is 5. The van der Waals surface area contributed by atoms with E-state index in [-0.39, 0.29) is 0 Å². The van der Waals surface area contributed by atoms with Crippen LogP contribution < -0.4 is 4.90 Å². The quantitative estimate of drug-likeness (QED) is 0.715. The molecule has 4 rings (SSSR count). The zero-order valence-corrected chi connectivity index (χ0v) is 16.7. The Morgan fingerprint density at radius 1 is 0.929 bits per heavy atom. The Balaban J connectivity index is 1.47. The Kier molecular flexibility index (Phi) is 5.71. The van der Waals surface area contributed by atoms with E-state index in [0.29, 0.717) is 23.5 Å². The van der Waals surface area contributed by atoms with Gasteiger partial charge in [-0.2, -0.15) is 4.31 Å². The molecule has 0 amide bonds. The SMILES string of the molecule is O=S(=O)(c1cccc2cccnc12)N1CCC[NH+](CCc2ccccc2)CC1. The van der Waals surface area contributed by atoms with Crippen molar-refractivity contribution in [3.63, 3.8) is 0 Å².